The van der Waals surface area contributed by atoms with E-state index in [1.54, 1.807) is 5.38 Å². The molecule has 7 nitrogen and oxygen atoms in total. The van der Waals surface area contributed by atoms with Crippen molar-refractivity contribution in [2.24, 2.45) is 0 Å². The molecule has 2 heterocycles. The van der Waals surface area contributed by atoms with Crippen LogP contribution in [0.1, 0.15) is 5.01 Å². The predicted octanol–water partition coefficient (Wildman–Crippen LogP) is 5.32. The molecule has 0 bridgehead atoms. The van der Waals surface area contributed by atoms with E-state index in [9.17, 15) is 9.18 Å². The van der Waals surface area contributed by atoms with Crippen LogP contribution in [-0.2, 0) is 0 Å². The molecular formula is C21H12ClF2N5O2S. The van der Waals surface area contributed by atoms with Gasteiger partial charge in [-0.25, -0.2) is 28.5 Å². The van der Waals surface area contributed by atoms with Gasteiger partial charge in [0.1, 0.15) is 35.0 Å². The van der Waals surface area contributed by atoms with E-state index in [4.69, 9.17) is 22.8 Å². The zero-order chi connectivity index (χ0) is 22.8. The van der Waals surface area contributed by atoms with Crippen LogP contribution in [0.4, 0.5) is 25.2 Å². The van der Waals surface area contributed by atoms with Gasteiger partial charge in [-0.1, -0.05) is 17.7 Å². The Bertz CT molecular complexity index is 1400. The van der Waals surface area contributed by atoms with Gasteiger partial charge in [0.25, 0.3) is 0 Å². The summed E-state index contributed by atoms with van der Waals surface area (Å²) in [6, 6.07) is 4.74. The first-order valence-corrected chi connectivity index (χ1v) is 10.1. The summed E-state index contributed by atoms with van der Waals surface area (Å²) in [5.41, 5.74) is -0.520. The van der Waals surface area contributed by atoms with Crippen LogP contribution >= 0.6 is 22.9 Å². The van der Waals surface area contributed by atoms with Crippen molar-refractivity contribution in [2.45, 2.75) is 0 Å². The number of carbonyl (C=O) groups excluding carboxylic acids is 1. The number of halogens is 3. The summed E-state index contributed by atoms with van der Waals surface area (Å²) in [6.07, 6.45) is 6.33. The van der Waals surface area contributed by atoms with Gasteiger partial charge in [-0.15, -0.1) is 17.8 Å². The number of methoxy groups -OCH3 is 1. The van der Waals surface area contributed by atoms with Crippen molar-refractivity contribution in [3.63, 3.8) is 0 Å². The number of hydrogen-bond acceptors (Lipinski definition) is 6. The fourth-order valence-electron chi connectivity index (χ4n) is 3.03. The minimum Gasteiger partial charge on any atom is -0.496 e. The van der Waals surface area contributed by atoms with Gasteiger partial charge in [-0.05, 0) is 24.1 Å². The van der Waals surface area contributed by atoms with Crippen LogP contribution in [0.25, 0.3) is 22.0 Å². The highest BCUT2D eigenvalue weighted by atomic mass is 35.5. The molecule has 2 aromatic heterocycles. The molecule has 0 spiro atoms. The van der Waals surface area contributed by atoms with Gasteiger partial charge in [-0.2, -0.15) is 0 Å². The first kappa shape index (κ1) is 21.4. The van der Waals surface area contributed by atoms with Crippen LogP contribution in [0.2, 0.25) is 5.02 Å². The molecule has 0 unspecified atom stereocenters. The van der Waals surface area contributed by atoms with Crippen LogP contribution in [0.15, 0.2) is 36.0 Å². The third kappa shape index (κ3) is 3.91. The smallest absolute Gasteiger partial charge is 0.326 e. The highest BCUT2D eigenvalue weighted by Gasteiger charge is 2.23. The Labute approximate surface area is 189 Å². The standard InChI is InChI=1S/C21H12ClF2N5O2S/c1-3-15-27-14(8-32-15)28-21(30)29-20-10-7-11(22)16(18(24)19(10)25-9-26-20)17-12(23)5-4-6-13(17)31-2/h1,4-9H,2H3,(H2,25,26,28,29,30). The van der Waals surface area contributed by atoms with Gasteiger partial charge in [0.05, 0.1) is 17.7 Å². The fourth-order valence-corrected chi connectivity index (χ4v) is 3.87. The number of nitrogens with zero attached hydrogens (tertiary/aromatic N) is 3. The van der Waals surface area contributed by atoms with Gasteiger partial charge < -0.3 is 4.74 Å². The third-order valence-electron chi connectivity index (χ3n) is 4.37. The molecule has 2 N–H and O–H groups in total. The highest BCUT2D eigenvalue weighted by molar-refractivity contribution is 7.10. The van der Waals surface area contributed by atoms with Crippen molar-refractivity contribution in [3.8, 4) is 29.2 Å². The maximum atomic E-state index is 15.5. The Morgan fingerprint density at radius 3 is 2.78 bits per heavy atom. The number of carbonyl (C=O) groups is 1. The molecule has 0 saturated carbocycles. The first-order valence-electron chi connectivity index (χ1n) is 8.88. The lowest BCUT2D eigenvalue weighted by Gasteiger charge is -2.14. The molecule has 0 aliphatic rings. The Balaban J connectivity index is 1.75. The number of hydrogen-bond donors (Lipinski definition) is 2. The van der Waals surface area contributed by atoms with E-state index in [2.05, 4.69) is 31.5 Å². The average molecular weight is 472 g/mol. The highest BCUT2D eigenvalue weighted by Crippen LogP contribution is 2.41. The minimum atomic E-state index is -0.889. The summed E-state index contributed by atoms with van der Waals surface area (Å²) in [7, 11) is 1.34. The number of thiazole rings is 1. The Morgan fingerprint density at radius 2 is 2.06 bits per heavy atom. The molecule has 0 atom stereocenters. The molecule has 4 aromatic rings. The summed E-state index contributed by atoms with van der Waals surface area (Å²) in [4.78, 5) is 24.3. The molecule has 2 aromatic carbocycles. The van der Waals surface area contributed by atoms with Crippen molar-refractivity contribution in [1.29, 1.82) is 0 Å². The number of urea groups is 1. The molecule has 2 amide bonds. The zero-order valence-corrected chi connectivity index (χ0v) is 17.8. The number of aromatic nitrogens is 3. The van der Waals surface area contributed by atoms with Crippen LogP contribution in [0.5, 0.6) is 5.75 Å². The van der Waals surface area contributed by atoms with E-state index in [0.29, 0.717) is 5.01 Å². The average Bonchev–Trinajstić information content (AvgIpc) is 3.22. The number of ether oxygens (including phenoxy) is 1. The van der Waals surface area contributed by atoms with E-state index in [1.165, 1.54) is 42.7 Å². The Kier molecular flexibility index (Phi) is 5.85. The topological polar surface area (TPSA) is 89.0 Å². The summed E-state index contributed by atoms with van der Waals surface area (Å²) in [5.74, 6) is 1.10. The Morgan fingerprint density at radius 1 is 1.25 bits per heavy atom. The van der Waals surface area contributed by atoms with Crippen LogP contribution < -0.4 is 15.4 Å². The molecule has 11 heteroatoms. The van der Waals surface area contributed by atoms with E-state index >= 15 is 4.39 Å². The lowest BCUT2D eigenvalue weighted by Crippen LogP contribution is -2.20. The molecule has 0 fully saturated rings. The SMILES string of the molecule is C#Cc1nc(NC(=O)Nc2ncnc3c(F)c(-c4c(F)cccc4OC)c(Cl)cc23)cs1. The largest absolute Gasteiger partial charge is 0.496 e. The maximum absolute atomic E-state index is 15.5. The van der Waals surface area contributed by atoms with Crippen LogP contribution in [0.3, 0.4) is 0 Å². The summed E-state index contributed by atoms with van der Waals surface area (Å²) in [6.45, 7) is 0. The molecule has 0 aliphatic carbocycles. The minimum absolute atomic E-state index is 0.00671. The number of benzene rings is 2. The molecule has 0 saturated heterocycles. The van der Waals surface area contributed by atoms with Crippen molar-refractivity contribution in [3.05, 3.63) is 57.6 Å². The van der Waals surface area contributed by atoms with Gasteiger partial charge in [0, 0.05) is 16.3 Å². The first-order chi connectivity index (χ1) is 15.4. The summed E-state index contributed by atoms with van der Waals surface area (Å²) in [5, 5.41) is 6.96. The van der Waals surface area contributed by atoms with E-state index in [-0.39, 0.29) is 44.4 Å². The lowest BCUT2D eigenvalue weighted by molar-refractivity contribution is 0.262. The second-order valence-corrected chi connectivity index (χ2v) is 7.51. The Hall–Kier alpha value is -3.81. The number of anilines is 2. The van der Waals surface area contributed by atoms with E-state index < -0.39 is 17.7 Å². The number of nitrogens with one attached hydrogen (secondary N) is 2. The van der Waals surface area contributed by atoms with E-state index in [0.717, 1.165) is 6.33 Å². The van der Waals surface area contributed by atoms with Gasteiger partial charge in [-0.3, -0.25) is 10.6 Å². The number of amides is 2. The third-order valence-corrected chi connectivity index (χ3v) is 5.44. The normalized spacial score (nSPS) is 10.6. The van der Waals surface area contributed by atoms with Gasteiger partial charge in [0.15, 0.2) is 10.8 Å². The molecule has 4 rings (SSSR count). The fraction of sp³-hybridized carbons (Fsp3) is 0.0476. The number of rotatable bonds is 4. The van der Waals surface area contributed by atoms with Gasteiger partial charge in [0.2, 0.25) is 0 Å². The lowest BCUT2D eigenvalue weighted by atomic mass is 10.0. The molecule has 32 heavy (non-hydrogen) atoms. The molecule has 0 aliphatic heterocycles. The summed E-state index contributed by atoms with van der Waals surface area (Å²) < 4.78 is 35.2. The predicted molar refractivity (Wildman–Crippen MR) is 119 cm³/mol. The maximum Gasteiger partial charge on any atom is 0.326 e. The van der Waals surface area contributed by atoms with Crippen molar-refractivity contribution >= 4 is 51.5 Å². The zero-order valence-electron chi connectivity index (χ0n) is 16.2. The number of fused-ring (bicyclic) bond motifs is 1. The van der Waals surface area contributed by atoms with Gasteiger partial charge >= 0.3 is 6.03 Å². The molecular weight excluding hydrogens is 460 g/mol. The van der Waals surface area contributed by atoms with E-state index in [1.807, 2.05) is 0 Å². The van der Waals surface area contributed by atoms with Crippen molar-refractivity contribution in [2.75, 3.05) is 17.7 Å². The number of terminal acetylenes is 1. The second-order valence-electron chi connectivity index (χ2n) is 6.24. The quantitative estimate of drug-likeness (QED) is 0.393. The summed E-state index contributed by atoms with van der Waals surface area (Å²) >= 11 is 7.51. The monoisotopic (exact) mass is 471 g/mol. The molecule has 160 valence electrons. The van der Waals surface area contributed by atoms with Crippen LogP contribution in [0, 0.1) is 24.0 Å². The molecule has 0 radical (unpaired) electrons. The van der Waals surface area contributed by atoms with Crippen molar-refractivity contribution in [1.82, 2.24) is 15.0 Å². The van der Waals surface area contributed by atoms with Crippen molar-refractivity contribution < 1.29 is 18.3 Å². The van der Waals surface area contributed by atoms with Crippen LogP contribution in [-0.4, -0.2) is 28.1 Å². The second kappa shape index (κ2) is 8.74.